The number of thiophene rings is 1. The minimum absolute atomic E-state index is 0.167. The van der Waals surface area contributed by atoms with Crippen molar-refractivity contribution in [2.75, 3.05) is 7.11 Å². The Morgan fingerprint density at radius 3 is 2.75 bits per heavy atom. The molecule has 0 N–H and O–H groups in total. The lowest BCUT2D eigenvalue weighted by molar-refractivity contribution is -0.0261. The number of benzene rings is 1. The van der Waals surface area contributed by atoms with Crippen LogP contribution in [-0.2, 0) is 4.74 Å². The van der Waals surface area contributed by atoms with Crippen LogP contribution in [-0.4, -0.2) is 18.5 Å². The van der Waals surface area contributed by atoms with Crippen molar-refractivity contribution in [3.8, 4) is 0 Å². The van der Waals surface area contributed by atoms with Gasteiger partial charge in [-0.3, -0.25) is 4.79 Å². The predicted molar refractivity (Wildman–Crippen MR) is 83.5 cm³/mol. The van der Waals surface area contributed by atoms with E-state index in [1.807, 2.05) is 17.5 Å². The van der Waals surface area contributed by atoms with E-state index in [1.54, 1.807) is 18.4 Å². The van der Waals surface area contributed by atoms with E-state index in [2.05, 4.69) is 19.1 Å². The molecule has 2 nitrogen and oxygen atoms in total. The largest absolute Gasteiger partial charge is 0.370 e. The summed E-state index contributed by atoms with van der Waals surface area (Å²) in [5.74, 6) is 0.864. The Labute approximate surface area is 123 Å². The van der Waals surface area contributed by atoms with E-state index in [4.69, 9.17) is 4.74 Å². The lowest BCUT2D eigenvalue weighted by atomic mass is 9.75. The Morgan fingerprint density at radius 1 is 1.30 bits per heavy atom. The Hall–Kier alpha value is -1.19. The van der Waals surface area contributed by atoms with Crippen LogP contribution in [0.3, 0.4) is 0 Å². The molecule has 2 aromatic rings. The molecule has 0 amide bonds. The van der Waals surface area contributed by atoms with Crippen molar-refractivity contribution in [2.45, 2.75) is 38.2 Å². The molecule has 0 aliphatic heterocycles. The van der Waals surface area contributed by atoms with Gasteiger partial charge in [0.2, 0.25) is 0 Å². The standard InChI is InChI=1S/C17H20O2S/c1-12-6-9-17(19-2,10-7-12)16(18)14-5-3-4-13-8-11-20-15(13)14/h3-5,8,11-12H,6-7,9-10H2,1-2H3. The van der Waals surface area contributed by atoms with Crippen LogP contribution < -0.4 is 0 Å². The molecule has 3 heteroatoms. The molecule has 1 aromatic carbocycles. The summed E-state index contributed by atoms with van der Waals surface area (Å²) in [5.41, 5.74) is 0.221. The van der Waals surface area contributed by atoms with Gasteiger partial charge < -0.3 is 4.74 Å². The van der Waals surface area contributed by atoms with Gasteiger partial charge >= 0.3 is 0 Å². The van der Waals surface area contributed by atoms with Crippen molar-refractivity contribution in [3.63, 3.8) is 0 Å². The number of Topliss-reactive ketones (excluding diaryl/α,β-unsaturated/α-hetero) is 1. The highest BCUT2D eigenvalue weighted by Gasteiger charge is 2.42. The van der Waals surface area contributed by atoms with E-state index in [-0.39, 0.29) is 5.78 Å². The molecule has 1 heterocycles. The highest BCUT2D eigenvalue weighted by atomic mass is 32.1. The molecule has 0 radical (unpaired) electrons. The number of hydrogen-bond acceptors (Lipinski definition) is 3. The van der Waals surface area contributed by atoms with Crippen molar-refractivity contribution in [3.05, 3.63) is 35.2 Å². The normalized spacial score (nSPS) is 26.8. The topological polar surface area (TPSA) is 26.3 Å². The SMILES string of the molecule is COC1(C(=O)c2cccc3ccsc23)CCC(C)CC1. The summed E-state index contributed by atoms with van der Waals surface area (Å²) in [6, 6.07) is 8.04. The monoisotopic (exact) mass is 288 g/mol. The van der Waals surface area contributed by atoms with Crippen LogP contribution in [0.25, 0.3) is 10.1 Å². The number of ether oxygens (including phenoxy) is 1. The summed E-state index contributed by atoms with van der Waals surface area (Å²) in [6.07, 6.45) is 3.82. The van der Waals surface area contributed by atoms with Crippen LogP contribution in [0.15, 0.2) is 29.6 Å². The van der Waals surface area contributed by atoms with Gasteiger partial charge in [-0.25, -0.2) is 0 Å². The maximum Gasteiger partial charge on any atom is 0.196 e. The van der Waals surface area contributed by atoms with Crippen LogP contribution in [0, 0.1) is 5.92 Å². The van der Waals surface area contributed by atoms with Gasteiger partial charge in [0.25, 0.3) is 0 Å². The highest BCUT2D eigenvalue weighted by molar-refractivity contribution is 7.17. The van der Waals surface area contributed by atoms with E-state index < -0.39 is 5.60 Å². The van der Waals surface area contributed by atoms with Crippen LogP contribution in [0.5, 0.6) is 0 Å². The average molecular weight is 288 g/mol. The van der Waals surface area contributed by atoms with Crippen LogP contribution in [0.4, 0.5) is 0 Å². The fourth-order valence-electron chi connectivity index (χ4n) is 3.17. The molecular formula is C17H20O2S. The van der Waals surface area contributed by atoms with Gasteiger partial charge in [0.1, 0.15) is 5.60 Å². The molecular weight excluding hydrogens is 268 g/mol. The van der Waals surface area contributed by atoms with E-state index in [9.17, 15) is 4.79 Å². The quantitative estimate of drug-likeness (QED) is 0.767. The molecule has 106 valence electrons. The minimum Gasteiger partial charge on any atom is -0.370 e. The molecule has 0 spiro atoms. The molecule has 1 fully saturated rings. The zero-order valence-electron chi connectivity index (χ0n) is 12.0. The van der Waals surface area contributed by atoms with Crippen molar-refractivity contribution < 1.29 is 9.53 Å². The summed E-state index contributed by atoms with van der Waals surface area (Å²) in [5, 5.41) is 3.19. The lowest BCUT2D eigenvalue weighted by Crippen LogP contribution is -2.43. The summed E-state index contributed by atoms with van der Waals surface area (Å²) in [4.78, 5) is 13.1. The number of carbonyl (C=O) groups excluding carboxylic acids is 1. The number of rotatable bonds is 3. The van der Waals surface area contributed by atoms with E-state index in [0.717, 1.165) is 41.3 Å². The number of hydrogen-bond donors (Lipinski definition) is 0. The number of methoxy groups -OCH3 is 1. The molecule has 1 aliphatic carbocycles. The first-order valence-corrected chi connectivity index (χ1v) is 8.10. The molecule has 1 saturated carbocycles. The van der Waals surface area contributed by atoms with E-state index in [1.165, 1.54) is 0 Å². The van der Waals surface area contributed by atoms with Gasteiger partial charge in [-0.05, 0) is 54.5 Å². The number of fused-ring (bicyclic) bond motifs is 1. The molecule has 1 aromatic heterocycles. The third kappa shape index (κ3) is 2.19. The third-order valence-corrected chi connectivity index (χ3v) is 5.57. The molecule has 0 saturated heterocycles. The molecule has 20 heavy (non-hydrogen) atoms. The number of ketones is 1. The maximum atomic E-state index is 13.1. The lowest BCUT2D eigenvalue weighted by Gasteiger charge is -2.37. The van der Waals surface area contributed by atoms with Gasteiger partial charge in [0.05, 0.1) is 0 Å². The highest BCUT2D eigenvalue weighted by Crippen LogP contribution is 2.38. The Balaban J connectivity index is 2.00. The van der Waals surface area contributed by atoms with Gasteiger partial charge in [0.15, 0.2) is 5.78 Å². The second-order valence-electron chi connectivity index (χ2n) is 5.85. The smallest absolute Gasteiger partial charge is 0.196 e. The Kier molecular flexibility index (Phi) is 3.65. The van der Waals surface area contributed by atoms with Crippen molar-refractivity contribution >= 4 is 27.2 Å². The second-order valence-corrected chi connectivity index (χ2v) is 6.77. The molecule has 0 unspecified atom stereocenters. The summed E-state index contributed by atoms with van der Waals surface area (Å²) < 4.78 is 6.81. The zero-order chi connectivity index (χ0) is 14.2. The first-order chi connectivity index (χ1) is 9.66. The Bertz CT molecular complexity index is 621. The number of carbonyl (C=O) groups is 1. The average Bonchev–Trinajstić information content (AvgIpc) is 2.96. The zero-order valence-corrected chi connectivity index (χ0v) is 12.8. The van der Waals surface area contributed by atoms with E-state index >= 15 is 0 Å². The summed E-state index contributed by atoms with van der Waals surface area (Å²) in [7, 11) is 1.68. The Morgan fingerprint density at radius 2 is 2.05 bits per heavy atom. The minimum atomic E-state index is -0.606. The van der Waals surface area contributed by atoms with Gasteiger partial charge in [0, 0.05) is 17.4 Å². The molecule has 0 atom stereocenters. The first kappa shape index (κ1) is 13.8. The van der Waals surface area contributed by atoms with Crippen molar-refractivity contribution in [1.29, 1.82) is 0 Å². The van der Waals surface area contributed by atoms with Gasteiger partial charge in [-0.2, -0.15) is 0 Å². The van der Waals surface area contributed by atoms with Crippen LogP contribution in [0.1, 0.15) is 43.0 Å². The van der Waals surface area contributed by atoms with Gasteiger partial charge in [-0.1, -0.05) is 19.1 Å². The molecule has 3 rings (SSSR count). The maximum absolute atomic E-state index is 13.1. The summed E-state index contributed by atoms with van der Waals surface area (Å²) >= 11 is 1.64. The molecule has 0 bridgehead atoms. The predicted octanol–water partition coefficient (Wildman–Crippen LogP) is 4.68. The third-order valence-electron chi connectivity index (χ3n) is 4.61. The van der Waals surface area contributed by atoms with Crippen LogP contribution >= 0.6 is 11.3 Å². The van der Waals surface area contributed by atoms with E-state index in [0.29, 0.717) is 5.92 Å². The first-order valence-electron chi connectivity index (χ1n) is 7.22. The van der Waals surface area contributed by atoms with Gasteiger partial charge in [-0.15, -0.1) is 11.3 Å². The second kappa shape index (κ2) is 5.30. The van der Waals surface area contributed by atoms with Crippen molar-refractivity contribution in [2.24, 2.45) is 5.92 Å². The van der Waals surface area contributed by atoms with Crippen molar-refractivity contribution in [1.82, 2.24) is 0 Å². The molecule has 1 aliphatic rings. The fraction of sp³-hybridized carbons (Fsp3) is 0.471. The van der Waals surface area contributed by atoms with Crippen LogP contribution in [0.2, 0.25) is 0 Å². The fourth-order valence-corrected chi connectivity index (χ4v) is 4.08. The summed E-state index contributed by atoms with van der Waals surface area (Å²) in [6.45, 7) is 2.25.